The van der Waals surface area contributed by atoms with Crippen LogP contribution in [0, 0.1) is 0 Å². The molecule has 86 valence electrons. The smallest absolute Gasteiger partial charge is 0.234 e. The van der Waals surface area contributed by atoms with Gasteiger partial charge in [0.05, 0.1) is 6.54 Å². The summed E-state index contributed by atoms with van der Waals surface area (Å²) in [4.78, 5) is 11.4. The average molecular weight is 212 g/mol. The van der Waals surface area contributed by atoms with Crippen LogP contribution in [-0.4, -0.2) is 38.3 Å². The van der Waals surface area contributed by atoms with Crippen molar-refractivity contribution in [1.29, 1.82) is 0 Å². The molecule has 0 aromatic carbocycles. The summed E-state index contributed by atoms with van der Waals surface area (Å²) in [7, 11) is 0. The first-order valence-corrected chi connectivity index (χ1v) is 5.40. The highest BCUT2D eigenvalue weighted by molar-refractivity contribution is 5.78. The van der Waals surface area contributed by atoms with Gasteiger partial charge in [0.25, 0.3) is 0 Å². The van der Waals surface area contributed by atoms with Crippen LogP contribution < -0.4 is 10.6 Å². The molecule has 0 unspecified atom stereocenters. The van der Waals surface area contributed by atoms with E-state index in [1.807, 2.05) is 6.92 Å². The van der Waals surface area contributed by atoms with Crippen molar-refractivity contribution in [3.63, 3.8) is 0 Å². The summed E-state index contributed by atoms with van der Waals surface area (Å²) in [6, 6.07) is 0.290. The third-order valence-electron chi connectivity index (χ3n) is 2.30. The van der Waals surface area contributed by atoms with Gasteiger partial charge in [0, 0.05) is 25.8 Å². The fraction of sp³-hybridized carbons (Fsp3) is 0.727. The first kappa shape index (κ1) is 12.2. The zero-order valence-electron chi connectivity index (χ0n) is 9.34. The van der Waals surface area contributed by atoms with E-state index in [-0.39, 0.29) is 11.9 Å². The lowest BCUT2D eigenvalue weighted by atomic mass is 10.1. The quantitative estimate of drug-likeness (QED) is 0.650. The summed E-state index contributed by atoms with van der Waals surface area (Å²) in [6.07, 6.45) is 1.85. The SMILES string of the molecule is C=C(C)CNCC(=O)NC1CCOCC1. The second-order valence-corrected chi connectivity index (χ2v) is 4.01. The Balaban J connectivity index is 2.09. The molecule has 1 heterocycles. The fourth-order valence-corrected chi connectivity index (χ4v) is 1.51. The van der Waals surface area contributed by atoms with Gasteiger partial charge in [-0.15, -0.1) is 0 Å². The molecule has 0 radical (unpaired) electrons. The standard InChI is InChI=1S/C11H20N2O2/c1-9(2)7-12-8-11(14)13-10-3-5-15-6-4-10/h10,12H,1,3-8H2,2H3,(H,13,14). The van der Waals surface area contributed by atoms with Crippen molar-refractivity contribution in [2.24, 2.45) is 0 Å². The Bertz CT molecular complexity index is 223. The number of hydrogen-bond donors (Lipinski definition) is 2. The van der Waals surface area contributed by atoms with Crippen LogP contribution in [0.25, 0.3) is 0 Å². The number of hydrogen-bond acceptors (Lipinski definition) is 3. The Morgan fingerprint density at radius 3 is 2.67 bits per heavy atom. The van der Waals surface area contributed by atoms with Gasteiger partial charge in [0.2, 0.25) is 5.91 Å². The van der Waals surface area contributed by atoms with E-state index in [2.05, 4.69) is 17.2 Å². The summed E-state index contributed by atoms with van der Waals surface area (Å²) in [5.41, 5.74) is 1.04. The maximum Gasteiger partial charge on any atom is 0.234 e. The molecule has 0 saturated carbocycles. The highest BCUT2D eigenvalue weighted by atomic mass is 16.5. The minimum Gasteiger partial charge on any atom is -0.381 e. The van der Waals surface area contributed by atoms with Gasteiger partial charge in [0.1, 0.15) is 0 Å². The first-order chi connectivity index (χ1) is 7.18. The van der Waals surface area contributed by atoms with Gasteiger partial charge >= 0.3 is 0 Å². The van der Waals surface area contributed by atoms with E-state index in [4.69, 9.17) is 4.74 Å². The Hall–Kier alpha value is -0.870. The van der Waals surface area contributed by atoms with Crippen molar-refractivity contribution in [2.45, 2.75) is 25.8 Å². The third kappa shape index (κ3) is 5.54. The van der Waals surface area contributed by atoms with Gasteiger partial charge in [-0.1, -0.05) is 12.2 Å². The Morgan fingerprint density at radius 1 is 1.40 bits per heavy atom. The molecule has 0 spiro atoms. The number of carbonyl (C=O) groups excluding carboxylic acids is 1. The molecule has 1 rings (SSSR count). The Kier molecular flexibility index (Phi) is 5.36. The monoisotopic (exact) mass is 212 g/mol. The minimum absolute atomic E-state index is 0.0585. The molecule has 1 saturated heterocycles. The topological polar surface area (TPSA) is 50.4 Å². The highest BCUT2D eigenvalue weighted by Crippen LogP contribution is 2.05. The number of rotatable bonds is 5. The van der Waals surface area contributed by atoms with Crippen molar-refractivity contribution >= 4 is 5.91 Å². The second-order valence-electron chi connectivity index (χ2n) is 4.01. The van der Waals surface area contributed by atoms with Crippen molar-refractivity contribution in [1.82, 2.24) is 10.6 Å². The number of ether oxygens (including phenoxy) is 1. The van der Waals surface area contributed by atoms with Crippen LogP contribution >= 0.6 is 0 Å². The van der Waals surface area contributed by atoms with Crippen LogP contribution in [0.4, 0.5) is 0 Å². The molecule has 4 heteroatoms. The molecule has 1 amide bonds. The molecule has 0 aromatic heterocycles. The minimum atomic E-state index is 0.0585. The van der Waals surface area contributed by atoms with E-state index in [1.165, 1.54) is 0 Å². The first-order valence-electron chi connectivity index (χ1n) is 5.40. The average Bonchev–Trinajstić information content (AvgIpc) is 2.18. The lowest BCUT2D eigenvalue weighted by Crippen LogP contribution is -2.43. The maximum absolute atomic E-state index is 11.4. The van der Waals surface area contributed by atoms with Crippen LogP contribution in [0.3, 0.4) is 0 Å². The summed E-state index contributed by atoms with van der Waals surface area (Å²) < 4.78 is 5.22. The predicted octanol–water partition coefficient (Wildman–Crippen LogP) is 0.447. The van der Waals surface area contributed by atoms with Crippen LogP contribution in [0.2, 0.25) is 0 Å². The largest absolute Gasteiger partial charge is 0.381 e. The van der Waals surface area contributed by atoms with E-state index in [9.17, 15) is 4.79 Å². The normalized spacial score (nSPS) is 17.4. The maximum atomic E-state index is 11.4. The molecule has 4 nitrogen and oxygen atoms in total. The van der Waals surface area contributed by atoms with Crippen LogP contribution in [0.1, 0.15) is 19.8 Å². The molecule has 0 aromatic rings. The summed E-state index contributed by atoms with van der Waals surface area (Å²) in [5, 5.41) is 6.01. The van der Waals surface area contributed by atoms with E-state index >= 15 is 0 Å². The molecule has 2 N–H and O–H groups in total. The van der Waals surface area contributed by atoms with E-state index in [0.29, 0.717) is 13.1 Å². The Morgan fingerprint density at radius 2 is 2.07 bits per heavy atom. The summed E-state index contributed by atoms with van der Waals surface area (Å²) in [5.74, 6) is 0.0585. The lowest BCUT2D eigenvalue weighted by molar-refractivity contribution is -0.121. The molecule has 1 aliphatic heterocycles. The summed E-state index contributed by atoms with van der Waals surface area (Å²) >= 11 is 0. The van der Waals surface area contributed by atoms with Crippen LogP contribution in [0.5, 0.6) is 0 Å². The van der Waals surface area contributed by atoms with Gasteiger partial charge in [-0.3, -0.25) is 4.79 Å². The highest BCUT2D eigenvalue weighted by Gasteiger charge is 2.15. The van der Waals surface area contributed by atoms with E-state index in [1.54, 1.807) is 0 Å². The molecule has 0 aliphatic carbocycles. The lowest BCUT2D eigenvalue weighted by Gasteiger charge is -2.23. The van der Waals surface area contributed by atoms with Crippen LogP contribution in [0.15, 0.2) is 12.2 Å². The van der Waals surface area contributed by atoms with Gasteiger partial charge in [-0.05, 0) is 19.8 Å². The molecule has 1 aliphatic rings. The molecule has 0 bridgehead atoms. The van der Waals surface area contributed by atoms with Crippen molar-refractivity contribution in [3.05, 3.63) is 12.2 Å². The van der Waals surface area contributed by atoms with Crippen molar-refractivity contribution < 1.29 is 9.53 Å². The number of nitrogens with one attached hydrogen (secondary N) is 2. The summed E-state index contributed by atoms with van der Waals surface area (Å²) in [6.45, 7) is 8.26. The molecule has 0 atom stereocenters. The van der Waals surface area contributed by atoms with Gasteiger partial charge < -0.3 is 15.4 Å². The van der Waals surface area contributed by atoms with Gasteiger partial charge in [-0.2, -0.15) is 0 Å². The predicted molar refractivity (Wildman–Crippen MR) is 59.7 cm³/mol. The number of carbonyl (C=O) groups is 1. The van der Waals surface area contributed by atoms with Crippen molar-refractivity contribution in [2.75, 3.05) is 26.3 Å². The molecular weight excluding hydrogens is 192 g/mol. The molecule has 1 fully saturated rings. The molecular formula is C11H20N2O2. The zero-order chi connectivity index (χ0) is 11.1. The third-order valence-corrected chi connectivity index (χ3v) is 2.30. The fourth-order valence-electron chi connectivity index (χ4n) is 1.51. The molecule has 15 heavy (non-hydrogen) atoms. The zero-order valence-corrected chi connectivity index (χ0v) is 9.34. The Labute approximate surface area is 91.1 Å². The van der Waals surface area contributed by atoms with E-state index in [0.717, 1.165) is 31.6 Å². The van der Waals surface area contributed by atoms with E-state index < -0.39 is 0 Å². The van der Waals surface area contributed by atoms with Crippen LogP contribution in [-0.2, 0) is 9.53 Å². The second kappa shape index (κ2) is 6.58. The van der Waals surface area contributed by atoms with Gasteiger partial charge in [0.15, 0.2) is 0 Å². The van der Waals surface area contributed by atoms with Gasteiger partial charge in [-0.25, -0.2) is 0 Å². The van der Waals surface area contributed by atoms with Crippen molar-refractivity contribution in [3.8, 4) is 0 Å². The number of amides is 1.